The normalized spacial score (nSPS) is 23.8. The maximum Gasteiger partial charge on any atom is 0.321 e. The number of carbonyl (C=O) groups excluding carboxylic acids is 1. The number of thiazole rings is 1. The predicted molar refractivity (Wildman–Crippen MR) is 93.1 cm³/mol. The molecule has 3 unspecified atom stereocenters. The van der Waals surface area contributed by atoms with Crippen molar-refractivity contribution in [2.45, 2.75) is 63.2 Å². The molecule has 7 heteroatoms. The average molecular weight is 344 g/mol. The van der Waals surface area contributed by atoms with Crippen LogP contribution in [0.5, 0.6) is 0 Å². The number of carbonyl (C=O) groups is 1. The molecule has 1 saturated carbocycles. The molecular formula is C15H25N3O2S2. The van der Waals surface area contributed by atoms with Crippen molar-refractivity contribution in [2.24, 2.45) is 0 Å². The molecule has 1 aromatic rings. The molecule has 2 rings (SSSR count). The number of nitrogens with zero attached hydrogens (tertiary/aromatic N) is 1. The first-order valence-electron chi connectivity index (χ1n) is 7.62. The van der Waals surface area contributed by atoms with Crippen LogP contribution in [0.3, 0.4) is 0 Å². The first-order chi connectivity index (χ1) is 10.3. The van der Waals surface area contributed by atoms with Crippen LogP contribution in [0, 0.1) is 0 Å². The van der Waals surface area contributed by atoms with Crippen LogP contribution in [-0.2, 0) is 16.2 Å². The second-order valence-electron chi connectivity index (χ2n) is 6.86. The maximum absolute atomic E-state index is 12.1. The number of urea groups is 1. The van der Waals surface area contributed by atoms with Gasteiger partial charge in [0.2, 0.25) is 0 Å². The molecule has 3 atom stereocenters. The van der Waals surface area contributed by atoms with Gasteiger partial charge in [0.25, 0.3) is 0 Å². The number of rotatable bonds is 3. The molecule has 1 aliphatic rings. The first-order valence-corrected chi connectivity index (χ1v) is 10.1. The fourth-order valence-electron chi connectivity index (χ4n) is 2.57. The van der Waals surface area contributed by atoms with Gasteiger partial charge in [-0.3, -0.25) is 9.53 Å². The largest absolute Gasteiger partial charge is 0.335 e. The van der Waals surface area contributed by atoms with E-state index in [2.05, 4.69) is 36.4 Å². The maximum atomic E-state index is 12.1. The topological polar surface area (TPSA) is 71.1 Å². The van der Waals surface area contributed by atoms with Gasteiger partial charge < -0.3 is 5.32 Å². The number of aromatic nitrogens is 1. The van der Waals surface area contributed by atoms with Crippen molar-refractivity contribution in [2.75, 3.05) is 11.6 Å². The molecule has 0 aliphatic heterocycles. The molecular weight excluding hydrogens is 318 g/mol. The Morgan fingerprint density at radius 3 is 2.73 bits per heavy atom. The van der Waals surface area contributed by atoms with Crippen molar-refractivity contribution in [3.63, 3.8) is 0 Å². The Balaban J connectivity index is 1.87. The second kappa shape index (κ2) is 7.08. The van der Waals surface area contributed by atoms with Crippen LogP contribution in [0.2, 0.25) is 0 Å². The van der Waals surface area contributed by atoms with Gasteiger partial charge in [-0.2, -0.15) is 0 Å². The lowest BCUT2D eigenvalue weighted by Gasteiger charge is -2.28. The van der Waals surface area contributed by atoms with Gasteiger partial charge in [0.15, 0.2) is 5.13 Å². The lowest BCUT2D eigenvalue weighted by molar-refractivity contribution is 0.244. The predicted octanol–water partition coefficient (Wildman–Crippen LogP) is 3.25. The molecule has 0 bridgehead atoms. The summed E-state index contributed by atoms with van der Waals surface area (Å²) in [5.41, 5.74) is 0.0376. The van der Waals surface area contributed by atoms with E-state index in [0.717, 1.165) is 30.6 Å². The summed E-state index contributed by atoms with van der Waals surface area (Å²) in [6.07, 6.45) is 7.31. The van der Waals surface area contributed by atoms with E-state index >= 15 is 0 Å². The lowest BCUT2D eigenvalue weighted by Crippen LogP contribution is -2.42. The Labute approximate surface area is 138 Å². The van der Waals surface area contributed by atoms with Gasteiger partial charge in [-0.15, -0.1) is 11.3 Å². The minimum absolute atomic E-state index is 0.0376. The van der Waals surface area contributed by atoms with E-state index in [1.807, 2.05) is 6.20 Å². The van der Waals surface area contributed by atoms with Gasteiger partial charge in [-0.25, -0.2) is 9.78 Å². The summed E-state index contributed by atoms with van der Waals surface area (Å²) in [5.74, 6) is 0. The minimum atomic E-state index is -0.814. The SMILES string of the molecule is CS(=O)C1CCCC(NC(=O)Nc2ncc(C(C)(C)C)s2)C1. The van der Waals surface area contributed by atoms with Gasteiger partial charge in [0.1, 0.15) is 0 Å². The van der Waals surface area contributed by atoms with Crippen LogP contribution in [0.25, 0.3) is 0 Å². The third-order valence-electron chi connectivity index (χ3n) is 3.90. The van der Waals surface area contributed by atoms with E-state index in [9.17, 15) is 9.00 Å². The van der Waals surface area contributed by atoms with Gasteiger partial charge in [0, 0.05) is 39.4 Å². The molecule has 1 aliphatic carbocycles. The van der Waals surface area contributed by atoms with Crippen molar-refractivity contribution >= 4 is 33.3 Å². The van der Waals surface area contributed by atoms with Crippen LogP contribution < -0.4 is 10.6 Å². The molecule has 2 N–H and O–H groups in total. The second-order valence-corrected chi connectivity index (χ2v) is 9.56. The van der Waals surface area contributed by atoms with Crippen LogP contribution in [0.4, 0.5) is 9.93 Å². The van der Waals surface area contributed by atoms with Crippen molar-refractivity contribution in [1.82, 2.24) is 10.3 Å². The molecule has 1 fully saturated rings. The Morgan fingerprint density at radius 1 is 1.41 bits per heavy atom. The minimum Gasteiger partial charge on any atom is -0.335 e. The van der Waals surface area contributed by atoms with Crippen molar-refractivity contribution < 1.29 is 9.00 Å². The molecule has 5 nitrogen and oxygen atoms in total. The smallest absolute Gasteiger partial charge is 0.321 e. The fraction of sp³-hybridized carbons (Fsp3) is 0.733. The Kier molecular flexibility index (Phi) is 5.60. The van der Waals surface area contributed by atoms with Crippen LogP contribution in [-0.4, -0.2) is 32.8 Å². The number of anilines is 1. The summed E-state index contributed by atoms with van der Waals surface area (Å²) in [6.45, 7) is 6.37. The van der Waals surface area contributed by atoms with E-state index in [0.29, 0.717) is 5.13 Å². The third kappa shape index (κ3) is 4.78. The summed E-state index contributed by atoms with van der Waals surface area (Å²) in [6, 6.07) is -0.118. The molecule has 0 aromatic carbocycles. The number of hydrogen-bond acceptors (Lipinski definition) is 4. The van der Waals surface area contributed by atoms with E-state index in [4.69, 9.17) is 0 Å². The number of amides is 2. The molecule has 1 heterocycles. The Hall–Kier alpha value is -0.950. The van der Waals surface area contributed by atoms with Gasteiger partial charge in [-0.05, 0) is 24.7 Å². The Bertz CT molecular complexity index is 551. The van der Waals surface area contributed by atoms with Gasteiger partial charge >= 0.3 is 6.03 Å². The van der Waals surface area contributed by atoms with Crippen molar-refractivity contribution in [1.29, 1.82) is 0 Å². The lowest BCUT2D eigenvalue weighted by atomic mass is 9.95. The summed E-state index contributed by atoms with van der Waals surface area (Å²) in [7, 11) is -0.814. The van der Waals surface area contributed by atoms with Crippen LogP contribution in [0.1, 0.15) is 51.3 Å². The molecule has 1 aromatic heterocycles. The molecule has 2 amide bonds. The van der Waals surface area contributed by atoms with Crippen molar-refractivity contribution in [3.05, 3.63) is 11.1 Å². The first kappa shape index (κ1) is 17.4. The van der Waals surface area contributed by atoms with E-state index in [-0.39, 0.29) is 22.7 Å². The number of nitrogens with one attached hydrogen (secondary N) is 2. The quantitative estimate of drug-likeness (QED) is 0.885. The molecule has 0 radical (unpaired) electrons. The standard InChI is InChI=1S/C15H25N3O2S2/c1-15(2,3)12-9-16-14(21-12)18-13(19)17-10-6-5-7-11(8-10)22(4)20/h9-11H,5-8H2,1-4H3,(H2,16,17,18,19). The summed E-state index contributed by atoms with van der Waals surface area (Å²) in [5, 5.41) is 6.61. The van der Waals surface area contributed by atoms with Crippen LogP contribution >= 0.6 is 11.3 Å². The number of hydrogen-bond donors (Lipinski definition) is 2. The van der Waals surface area contributed by atoms with E-state index in [1.54, 1.807) is 6.26 Å². The highest BCUT2D eigenvalue weighted by molar-refractivity contribution is 7.84. The molecule has 124 valence electrons. The summed E-state index contributed by atoms with van der Waals surface area (Å²) < 4.78 is 11.6. The zero-order valence-corrected chi connectivity index (χ0v) is 15.3. The highest BCUT2D eigenvalue weighted by Crippen LogP contribution is 2.30. The molecule has 22 heavy (non-hydrogen) atoms. The summed E-state index contributed by atoms with van der Waals surface area (Å²) in [4.78, 5) is 17.5. The zero-order valence-electron chi connectivity index (χ0n) is 13.6. The fourth-order valence-corrected chi connectivity index (χ4v) is 4.45. The third-order valence-corrected chi connectivity index (χ3v) is 6.60. The van der Waals surface area contributed by atoms with Crippen molar-refractivity contribution in [3.8, 4) is 0 Å². The zero-order chi connectivity index (χ0) is 16.3. The van der Waals surface area contributed by atoms with Gasteiger partial charge in [-0.1, -0.05) is 27.2 Å². The van der Waals surface area contributed by atoms with E-state index in [1.165, 1.54) is 11.3 Å². The monoisotopic (exact) mass is 343 g/mol. The summed E-state index contributed by atoms with van der Waals surface area (Å²) >= 11 is 1.50. The Morgan fingerprint density at radius 2 is 2.14 bits per heavy atom. The van der Waals surface area contributed by atoms with E-state index < -0.39 is 10.8 Å². The highest BCUT2D eigenvalue weighted by Gasteiger charge is 2.26. The average Bonchev–Trinajstić information content (AvgIpc) is 2.87. The van der Waals surface area contributed by atoms with Crippen LogP contribution in [0.15, 0.2) is 6.20 Å². The molecule has 0 saturated heterocycles. The molecule has 0 spiro atoms. The highest BCUT2D eigenvalue weighted by atomic mass is 32.2. The van der Waals surface area contributed by atoms with Gasteiger partial charge in [0.05, 0.1) is 0 Å².